The van der Waals surface area contributed by atoms with Gasteiger partial charge in [-0.1, -0.05) is 54.6 Å². The number of fused-ring (bicyclic) bond motifs is 3. The van der Waals surface area contributed by atoms with Crippen molar-refractivity contribution in [1.29, 1.82) is 0 Å². The fourth-order valence-electron chi connectivity index (χ4n) is 4.17. The third-order valence-corrected chi connectivity index (χ3v) is 5.59. The molecule has 0 saturated carbocycles. The zero-order valence-corrected chi connectivity index (χ0v) is 16.9. The van der Waals surface area contributed by atoms with Gasteiger partial charge in [0.25, 0.3) is 5.91 Å². The number of carbonyl (C=O) groups excluding carboxylic acids is 1. The van der Waals surface area contributed by atoms with Gasteiger partial charge in [0.1, 0.15) is 0 Å². The van der Waals surface area contributed by atoms with Crippen LogP contribution in [0.5, 0.6) is 0 Å². The summed E-state index contributed by atoms with van der Waals surface area (Å²) in [5, 5.41) is 6.42. The highest BCUT2D eigenvalue weighted by atomic mass is 16.1. The van der Waals surface area contributed by atoms with Gasteiger partial charge in [-0.3, -0.25) is 9.36 Å². The summed E-state index contributed by atoms with van der Waals surface area (Å²) in [6, 6.07) is 25.5. The zero-order chi connectivity index (χ0) is 20.7. The first kappa shape index (κ1) is 18.2. The molecule has 2 heterocycles. The van der Waals surface area contributed by atoms with E-state index in [9.17, 15) is 4.79 Å². The van der Waals surface area contributed by atoms with Gasteiger partial charge in [-0.2, -0.15) is 0 Å². The van der Waals surface area contributed by atoms with Crippen LogP contribution in [0.15, 0.2) is 90.1 Å². The third kappa shape index (κ3) is 2.95. The normalized spacial score (nSPS) is 15.6. The molecule has 0 spiro atoms. The van der Waals surface area contributed by atoms with Gasteiger partial charge in [0.05, 0.1) is 22.6 Å². The summed E-state index contributed by atoms with van der Waals surface area (Å²) in [5.74, 6) is 0.626. The van der Waals surface area contributed by atoms with Crippen molar-refractivity contribution in [3.8, 4) is 0 Å². The number of carbonyl (C=O) groups is 1. The number of anilines is 2. The lowest BCUT2D eigenvalue weighted by Crippen LogP contribution is -2.31. The maximum Gasteiger partial charge on any atom is 0.255 e. The van der Waals surface area contributed by atoms with Crippen molar-refractivity contribution < 1.29 is 4.79 Å². The summed E-state index contributed by atoms with van der Waals surface area (Å²) in [5.41, 5.74) is 6.37. The van der Waals surface area contributed by atoms with E-state index in [-0.39, 0.29) is 11.9 Å². The molecule has 5 rings (SSSR count). The highest BCUT2D eigenvalue weighted by Gasteiger charge is 2.34. The molecule has 3 aromatic carbocycles. The van der Waals surface area contributed by atoms with E-state index in [0.29, 0.717) is 5.57 Å². The summed E-state index contributed by atoms with van der Waals surface area (Å²) < 4.78 is 2.13. The molecule has 0 radical (unpaired) electrons. The first-order chi connectivity index (χ1) is 14.6. The topological polar surface area (TPSA) is 59.0 Å². The van der Waals surface area contributed by atoms with Gasteiger partial charge >= 0.3 is 0 Å². The van der Waals surface area contributed by atoms with E-state index in [2.05, 4.69) is 34.3 Å². The minimum Gasteiger partial charge on any atom is -0.329 e. The van der Waals surface area contributed by atoms with E-state index < -0.39 is 0 Å². The highest BCUT2D eigenvalue weighted by molar-refractivity contribution is 6.06. The number of hydrogen-bond acceptors (Lipinski definition) is 3. The number of imidazole rings is 1. The number of aryl methyl sites for hydroxylation is 1. The smallest absolute Gasteiger partial charge is 0.255 e. The van der Waals surface area contributed by atoms with E-state index in [1.54, 1.807) is 0 Å². The number of aromatic nitrogens is 2. The first-order valence-electron chi connectivity index (χ1n) is 10.00. The predicted molar refractivity (Wildman–Crippen MR) is 120 cm³/mol. The Balaban J connectivity index is 1.70. The number of benzene rings is 3. The Hall–Kier alpha value is -3.86. The van der Waals surface area contributed by atoms with Crippen LogP contribution in [-0.2, 0) is 4.79 Å². The maximum absolute atomic E-state index is 13.5. The lowest BCUT2D eigenvalue weighted by atomic mass is 9.91. The average Bonchev–Trinajstić information content (AvgIpc) is 3.11. The molecule has 2 N–H and O–H groups in total. The summed E-state index contributed by atoms with van der Waals surface area (Å²) >= 11 is 0. The number of rotatable bonds is 3. The second-order valence-electron chi connectivity index (χ2n) is 7.54. The van der Waals surface area contributed by atoms with Crippen molar-refractivity contribution >= 4 is 28.6 Å². The summed E-state index contributed by atoms with van der Waals surface area (Å²) in [4.78, 5) is 18.3. The molecule has 0 bridgehead atoms. The Morgan fingerprint density at radius 2 is 1.63 bits per heavy atom. The van der Waals surface area contributed by atoms with Crippen LogP contribution in [0.25, 0.3) is 11.0 Å². The number of amides is 1. The number of allylic oxidation sites excluding steroid dienone is 1. The molecule has 1 unspecified atom stereocenters. The van der Waals surface area contributed by atoms with Crippen molar-refractivity contribution in [2.45, 2.75) is 19.9 Å². The molecule has 1 atom stereocenters. The molecule has 0 aliphatic carbocycles. The molecular formula is C25H22N4O. The van der Waals surface area contributed by atoms with Crippen LogP contribution in [0, 0.1) is 6.92 Å². The van der Waals surface area contributed by atoms with Crippen molar-refractivity contribution in [1.82, 2.24) is 9.55 Å². The molecule has 1 aromatic heterocycles. The van der Waals surface area contributed by atoms with Gasteiger partial charge in [0.2, 0.25) is 5.95 Å². The van der Waals surface area contributed by atoms with Gasteiger partial charge in [-0.25, -0.2) is 4.98 Å². The Bertz CT molecular complexity index is 1290. The van der Waals surface area contributed by atoms with Crippen LogP contribution in [0.3, 0.4) is 0 Å². The number of para-hydroxylation sites is 3. The van der Waals surface area contributed by atoms with Crippen LogP contribution in [0.4, 0.5) is 11.6 Å². The quantitative estimate of drug-likeness (QED) is 0.497. The van der Waals surface area contributed by atoms with Crippen molar-refractivity contribution in [3.05, 3.63) is 101 Å². The zero-order valence-electron chi connectivity index (χ0n) is 16.9. The molecule has 30 heavy (non-hydrogen) atoms. The van der Waals surface area contributed by atoms with E-state index in [1.165, 1.54) is 0 Å². The Kier molecular flexibility index (Phi) is 4.36. The lowest BCUT2D eigenvalue weighted by molar-refractivity contribution is -0.113. The van der Waals surface area contributed by atoms with E-state index in [1.807, 2.05) is 73.7 Å². The molecular weight excluding hydrogens is 372 g/mol. The molecule has 5 heteroatoms. The van der Waals surface area contributed by atoms with E-state index in [0.717, 1.165) is 39.5 Å². The van der Waals surface area contributed by atoms with Gasteiger partial charge in [0, 0.05) is 11.4 Å². The summed E-state index contributed by atoms with van der Waals surface area (Å²) in [7, 11) is 0. The molecule has 0 fully saturated rings. The van der Waals surface area contributed by atoms with Crippen molar-refractivity contribution in [2.24, 2.45) is 0 Å². The molecule has 1 amide bonds. The third-order valence-electron chi connectivity index (χ3n) is 5.59. The maximum atomic E-state index is 13.5. The fraction of sp³-hybridized carbons (Fsp3) is 0.120. The molecule has 0 saturated heterocycles. The summed E-state index contributed by atoms with van der Waals surface area (Å²) in [6.07, 6.45) is 0. The monoisotopic (exact) mass is 394 g/mol. The Morgan fingerprint density at radius 3 is 2.43 bits per heavy atom. The largest absolute Gasteiger partial charge is 0.329 e. The SMILES string of the molecule is CC1=C(C(=O)Nc2ccccc2)C(c2ccccc2C)n2c(nc3ccccc32)N1. The average molecular weight is 394 g/mol. The number of hydrogen-bond donors (Lipinski definition) is 2. The molecule has 5 nitrogen and oxygen atoms in total. The Morgan fingerprint density at radius 1 is 0.933 bits per heavy atom. The minimum atomic E-state index is -0.279. The summed E-state index contributed by atoms with van der Waals surface area (Å²) in [6.45, 7) is 4.02. The number of nitrogens with one attached hydrogen (secondary N) is 2. The second-order valence-corrected chi connectivity index (χ2v) is 7.54. The van der Waals surface area contributed by atoms with Crippen molar-refractivity contribution in [2.75, 3.05) is 10.6 Å². The van der Waals surface area contributed by atoms with Crippen molar-refractivity contribution in [3.63, 3.8) is 0 Å². The van der Waals surface area contributed by atoms with Crippen LogP contribution < -0.4 is 10.6 Å². The van der Waals surface area contributed by atoms with Gasteiger partial charge < -0.3 is 10.6 Å². The van der Waals surface area contributed by atoms with Crippen LogP contribution in [-0.4, -0.2) is 15.5 Å². The molecule has 4 aromatic rings. The number of nitrogens with zero attached hydrogens (tertiary/aromatic N) is 2. The van der Waals surface area contributed by atoms with Gasteiger partial charge in [0.15, 0.2) is 0 Å². The molecule has 148 valence electrons. The molecule has 1 aliphatic heterocycles. The second kappa shape index (κ2) is 7.19. The fourth-order valence-corrected chi connectivity index (χ4v) is 4.17. The standard InChI is InChI=1S/C25H22N4O/c1-16-10-6-7-13-19(16)23-22(24(30)27-18-11-4-3-5-12-18)17(2)26-25-28-20-14-8-9-15-21(20)29(23)25/h3-15,23H,1-2H3,(H,26,28)(H,27,30). The van der Waals surface area contributed by atoms with Crippen LogP contribution in [0.1, 0.15) is 24.1 Å². The van der Waals surface area contributed by atoms with E-state index in [4.69, 9.17) is 4.98 Å². The first-order valence-corrected chi connectivity index (χ1v) is 10.00. The predicted octanol–water partition coefficient (Wildman–Crippen LogP) is 5.27. The van der Waals surface area contributed by atoms with Gasteiger partial charge in [-0.05, 0) is 49.2 Å². The van der Waals surface area contributed by atoms with Crippen LogP contribution >= 0.6 is 0 Å². The van der Waals surface area contributed by atoms with Gasteiger partial charge in [-0.15, -0.1) is 0 Å². The lowest BCUT2D eigenvalue weighted by Gasteiger charge is -2.31. The van der Waals surface area contributed by atoms with Crippen LogP contribution in [0.2, 0.25) is 0 Å². The molecule has 1 aliphatic rings. The Labute approximate surface area is 175 Å². The minimum absolute atomic E-state index is 0.122. The highest BCUT2D eigenvalue weighted by Crippen LogP contribution is 2.40. The van der Waals surface area contributed by atoms with E-state index >= 15 is 0 Å².